The van der Waals surface area contributed by atoms with Crippen LogP contribution in [0.4, 0.5) is 0 Å². The molecule has 0 radical (unpaired) electrons. The van der Waals surface area contributed by atoms with Gasteiger partial charge in [-0.3, -0.25) is 0 Å². The predicted octanol–water partition coefficient (Wildman–Crippen LogP) is 0.117. The molecule has 0 aromatic heterocycles. The van der Waals surface area contributed by atoms with Gasteiger partial charge in [0.25, 0.3) is 0 Å². The minimum Gasteiger partial charge on any atom is -1.00 e. The second-order valence-corrected chi connectivity index (χ2v) is 8.73. The first-order valence-electron chi connectivity index (χ1n) is 8.03. The van der Waals surface area contributed by atoms with Crippen molar-refractivity contribution in [3.63, 3.8) is 0 Å². The molecular formula is C22H21Cl2Zr-. The van der Waals surface area contributed by atoms with Gasteiger partial charge >= 0.3 is 41.3 Å². The molecular weight excluding hydrogens is 426 g/mol. The zero-order valence-electron chi connectivity index (χ0n) is 14.7. The standard InChI is InChI=1S/C19H15.C3H6.2ClH.Zr/c1-13-10-11-16(14-6-2-3-7-14)18-12-15-8-4-5-9-17(15)19(13)18;1-3-2;;;/h2-6,8-12H,7H2,1H3;1-2H3;2*1H;/q-1;;;;+2/p-2. The fourth-order valence-corrected chi connectivity index (χ4v) is 3.17. The van der Waals surface area contributed by atoms with Crippen LogP contribution in [0.3, 0.4) is 0 Å². The molecule has 1 aliphatic carbocycles. The second kappa shape index (κ2) is 9.72. The molecule has 128 valence electrons. The van der Waals surface area contributed by atoms with E-state index in [9.17, 15) is 0 Å². The molecule has 0 heterocycles. The van der Waals surface area contributed by atoms with Gasteiger partial charge in [-0.05, 0) is 13.3 Å². The van der Waals surface area contributed by atoms with Crippen LogP contribution in [0, 0.1) is 6.92 Å². The summed E-state index contributed by atoms with van der Waals surface area (Å²) in [4.78, 5) is 0. The second-order valence-electron chi connectivity index (χ2n) is 6.27. The Morgan fingerprint density at radius 3 is 2.36 bits per heavy atom. The van der Waals surface area contributed by atoms with Gasteiger partial charge in [-0.25, -0.2) is 0 Å². The average molecular weight is 448 g/mol. The number of fused-ring (bicyclic) bond motifs is 3. The molecule has 0 atom stereocenters. The van der Waals surface area contributed by atoms with Crippen LogP contribution in [0.1, 0.15) is 31.4 Å². The van der Waals surface area contributed by atoms with E-state index in [4.69, 9.17) is 0 Å². The van der Waals surface area contributed by atoms with E-state index in [2.05, 4.69) is 81.5 Å². The number of benzene rings is 2. The number of aryl methyl sites for hydroxylation is 1. The van der Waals surface area contributed by atoms with Crippen LogP contribution in [0.15, 0.2) is 60.7 Å². The molecule has 0 spiro atoms. The van der Waals surface area contributed by atoms with E-state index in [1.165, 1.54) is 41.5 Å². The van der Waals surface area contributed by atoms with Crippen LogP contribution in [-0.2, 0) is 24.2 Å². The average Bonchev–Trinajstić information content (AvgIpc) is 3.14. The van der Waals surface area contributed by atoms with Crippen LogP contribution < -0.4 is 24.8 Å². The molecule has 3 heteroatoms. The van der Waals surface area contributed by atoms with Gasteiger partial charge in [0.05, 0.1) is 0 Å². The van der Waals surface area contributed by atoms with Gasteiger partial charge in [-0.2, -0.15) is 0 Å². The van der Waals surface area contributed by atoms with Crippen molar-refractivity contribution in [1.82, 2.24) is 0 Å². The van der Waals surface area contributed by atoms with Crippen molar-refractivity contribution < 1.29 is 49.0 Å². The first kappa shape index (κ1) is 22.2. The molecule has 0 aliphatic heterocycles. The zero-order valence-corrected chi connectivity index (χ0v) is 18.7. The molecule has 0 unspecified atom stereocenters. The monoisotopic (exact) mass is 445 g/mol. The first-order valence-corrected chi connectivity index (χ1v) is 9.26. The minimum atomic E-state index is 0. The third kappa shape index (κ3) is 4.85. The number of halogens is 2. The Hall–Kier alpha value is -0.877. The van der Waals surface area contributed by atoms with Crippen molar-refractivity contribution in [3.8, 4) is 0 Å². The minimum absolute atomic E-state index is 0. The summed E-state index contributed by atoms with van der Waals surface area (Å²) in [6, 6.07) is 15.6. The fraction of sp³-hybridized carbons (Fsp3) is 0.182. The van der Waals surface area contributed by atoms with E-state index in [0.29, 0.717) is 0 Å². The normalized spacial score (nSPS) is 12.1. The molecule has 0 fully saturated rings. The molecule has 0 nitrogen and oxygen atoms in total. The van der Waals surface area contributed by atoms with Gasteiger partial charge in [0.1, 0.15) is 0 Å². The largest absolute Gasteiger partial charge is 1.00 e. The maximum absolute atomic E-state index is 2.34. The van der Waals surface area contributed by atoms with E-state index < -0.39 is 0 Å². The van der Waals surface area contributed by atoms with Gasteiger partial charge in [-0.15, -0.1) is 33.7 Å². The summed E-state index contributed by atoms with van der Waals surface area (Å²) in [5, 5.41) is 5.54. The van der Waals surface area contributed by atoms with Gasteiger partial charge < -0.3 is 24.8 Å². The zero-order chi connectivity index (χ0) is 16.4. The summed E-state index contributed by atoms with van der Waals surface area (Å²) in [6.45, 7) is 6.45. The summed E-state index contributed by atoms with van der Waals surface area (Å²) in [7, 11) is 0. The Kier molecular flexibility index (Phi) is 8.62. The molecule has 3 aromatic carbocycles. The smallest absolute Gasteiger partial charge is 0.0159 e. The van der Waals surface area contributed by atoms with Crippen molar-refractivity contribution in [2.24, 2.45) is 0 Å². The summed E-state index contributed by atoms with van der Waals surface area (Å²) in [6.07, 6.45) is 7.68. The summed E-state index contributed by atoms with van der Waals surface area (Å²) in [5.41, 5.74) is 4.19. The maximum atomic E-state index is 2.34. The van der Waals surface area contributed by atoms with Crippen LogP contribution >= 0.6 is 0 Å². The van der Waals surface area contributed by atoms with E-state index in [0.717, 1.165) is 6.42 Å². The molecule has 0 saturated carbocycles. The number of allylic oxidation sites excluding steroid dienone is 4. The van der Waals surface area contributed by atoms with E-state index >= 15 is 0 Å². The number of rotatable bonds is 1. The third-order valence-corrected chi connectivity index (χ3v) is 4.10. The SMILES string of the molecule is C[C](C)=[Zr+2].Cc1ccc(C2=CC=CC2)c2[cH-]c3ccccc3c12.[Cl-].[Cl-]. The van der Waals surface area contributed by atoms with Crippen molar-refractivity contribution >= 4 is 30.3 Å². The molecule has 0 saturated heterocycles. The number of hydrogen-bond donors (Lipinski definition) is 0. The van der Waals surface area contributed by atoms with Crippen molar-refractivity contribution in [2.45, 2.75) is 27.2 Å². The topological polar surface area (TPSA) is 0 Å². The van der Waals surface area contributed by atoms with Crippen LogP contribution in [0.5, 0.6) is 0 Å². The molecule has 4 rings (SSSR count). The van der Waals surface area contributed by atoms with Crippen molar-refractivity contribution in [1.29, 1.82) is 0 Å². The van der Waals surface area contributed by atoms with Crippen molar-refractivity contribution in [3.05, 3.63) is 71.8 Å². The van der Waals surface area contributed by atoms with Gasteiger partial charge in [0, 0.05) is 0 Å². The van der Waals surface area contributed by atoms with E-state index in [-0.39, 0.29) is 24.8 Å². The number of hydrogen-bond acceptors (Lipinski definition) is 0. The Bertz CT molecular complexity index is 941. The Morgan fingerprint density at radius 1 is 1.04 bits per heavy atom. The van der Waals surface area contributed by atoms with Crippen molar-refractivity contribution in [2.75, 3.05) is 0 Å². The van der Waals surface area contributed by atoms with Crippen LogP contribution in [0.25, 0.3) is 27.1 Å². The molecule has 25 heavy (non-hydrogen) atoms. The third-order valence-electron chi connectivity index (χ3n) is 4.10. The molecule has 0 N–H and O–H groups in total. The van der Waals surface area contributed by atoms with Crippen LogP contribution in [0.2, 0.25) is 0 Å². The molecule has 0 bridgehead atoms. The Morgan fingerprint density at radius 2 is 1.72 bits per heavy atom. The summed E-state index contributed by atoms with van der Waals surface area (Å²) in [5.74, 6) is 0. The van der Waals surface area contributed by atoms with E-state index in [1.54, 1.807) is 24.2 Å². The summed E-state index contributed by atoms with van der Waals surface area (Å²) >= 11 is 1.55. The maximum Gasteiger partial charge on any atom is -0.0159 e. The summed E-state index contributed by atoms with van der Waals surface area (Å²) < 4.78 is 1.51. The van der Waals surface area contributed by atoms with Gasteiger partial charge in [-0.1, -0.05) is 65.3 Å². The van der Waals surface area contributed by atoms with Gasteiger partial charge in [0.2, 0.25) is 0 Å². The predicted molar refractivity (Wildman–Crippen MR) is 99.9 cm³/mol. The molecule has 0 amide bonds. The molecule has 1 aliphatic rings. The first-order chi connectivity index (χ1) is 11.1. The molecule has 3 aromatic rings. The van der Waals surface area contributed by atoms with Gasteiger partial charge in [0.15, 0.2) is 0 Å². The fourth-order valence-electron chi connectivity index (χ4n) is 3.17. The Labute approximate surface area is 177 Å². The van der Waals surface area contributed by atoms with E-state index in [1.807, 2.05) is 0 Å². The quantitative estimate of drug-likeness (QED) is 0.465. The van der Waals surface area contributed by atoms with Crippen LogP contribution in [-0.4, -0.2) is 3.21 Å². The Balaban J connectivity index is 0.000000476.